The fourth-order valence-electron chi connectivity index (χ4n) is 1.93. The van der Waals surface area contributed by atoms with Crippen LogP contribution in [-0.2, 0) is 6.54 Å². The maximum Gasteiger partial charge on any atom is 0.120 e. The van der Waals surface area contributed by atoms with Crippen LogP contribution in [0.3, 0.4) is 0 Å². The summed E-state index contributed by atoms with van der Waals surface area (Å²) in [6.07, 6.45) is 0. The van der Waals surface area contributed by atoms with Crippen molar-refractivity contribution in [3.63, 3.8) is 0 Å². The lowest BCUT2D eigenvalue weighted by Gasteiger charge is -2.28. The molecule has 4 nitrogen and oxygen atoms in total. The van der Waals surface area contributed by atoms with Crippen LogP contribution in [-0.4, -0.2) is 42.0 Å². The van der Waals surface area contributed by atoms with Crippen LogP contribution >= 0.6 is 0 Å². The minimum absolute atomic E-state index is 0.323. The van der Waals surface area contributed by atoms with Gasteiger partial charge in [-0.25, -0.2) is 0 Å². The molecule has 0 aliphatic carbocycles. The van der Waals surface area contributed by atoms with Crippen LogP contribution in [0.5, 0.6) is 5.75 Å². The molecule has 0 radical (unpaired) electrons. The minimum atomic E-state index is 0.323. The summed E-state index contributed by atoms with van der Waals surface area (Å²) < 4.78 is 0. The zero-order valence-corrected chi connectivity index (χ0v) is 10.2. The molecule has 1 saturated heterocycles. The van der Waals surface area contributed by atoms with Crippen LogP contribution in [0, 0.1) is 0 Å². The maximum absolute atomic E-state index is 9.64. The molecular weight excluding hydrogens is 214 g/mol. The van der Waals surface area contributed by atoms with E-state index >= 15 is 0 Å². The molecule has 0 atom stereocenters. The highest BCUT2D eigenvalue weighted by Crippen LogP contribution is 2.16. The van der Waals surface area contributed by atoms with Gasteiger partial charge >= 0.3 is 0 Å². The molecule has 17 heavy (non-hydrogen) atoms. The molecule has 2 rings (SSSR count). The number of phenolic OH excluding ortho intramolecular Hbond substituents is 1. The number of aromatic hydroxyl groups is 1. The van der Waals surface area contributed by atoms with Gasteiger partial charge in [-0.3, -0.25) is 4.99 Å². The number of nitrogens with zero attached hydrogens (tertiary/aromatic N) is 2. The first-order valence-electron chi connectivity index (χ1n) is 6.01. The topological polar surface area (TPSA) is 47.9 Å². The number of rotatable bonds is 2. The van der Waals surface area contributed by atoms with E-state index in [1.165, 1.54) is 0 Å². The van der Waals surface area contributed by atoms with E-state index in [0.29, 0.717) is 12.3 Å². The van der Waals surface area contributed by atoms with Crippen LogP contribution in [0.4, 0.5) is 0 Å². The molecule has 0 amide bonds. The largest absolute Gasteiger partial charge is 0.508 e. The van der Waals surface area contributed by atoms with Crippen LogP contribution in [0.25, 0.3) is 0 Å². The van der Waals surface area contributed by atoms with Gasteiger partial charge in [-0.2, -0.15) is 0 Å². The van der Waals surface area contributed by atoms with Gasteiger partial charge < -0.3 is 15.3 Å². The predicted octanol–water partition coefficient (Wildman–Crippen LogP) is 1.22. The molecule has 1 aliphatic rings. The second kappa shape index (κ2) is 5.68. The molecule has 0 spiro atoms. The number of hydrogen-bond acceptors (Lipinski definition) is 3. The third-order valence-corrected chi connectivity index (χ3v) is 3.04. The Morgan fingerprint density at radius 1 is 1.35 bits per heavy atom. The summed E-state index contributed by atoms with van der Waals surface area (Å²) in [5.74, 6) is 1.37. The van der Waals surface area contributed by atoms with E-state index in [2.05, 4.69) is 15.2 Å². The lowest BCUT2D eigenvalue weighted by molar-refractivity contribution is 0.354. The van der Waals surface area contributed by atoms with Gasteiger partial charge in [-0.15, -0.1) is 0 Å². The summed E-state index contributed by atoms with van der Waals surface area (Å²) in [5.41, 5.74) is 0.877. The first kappa shape index (κ1) is 11.9. The van der Waals surface area contributed by atoms with Gasteiger partial charge in [-0.1, -0.05) is 18.2 Å². The van der Waals surface area contributed by atoms with E-state index in [1.807, 2.05) is 25.1 Å². The average Bonchev–Trinajstić information content (AvgIpc) is 2.38. The Kier molecular flexibility index (Phi) is 3.98. The Bertz CT molecular complexity index is 397. The number of amidine groups is 1. The van der Waals surface area contributed by atoms with Crippen molar-refractivity contribution in [3.05, 3.63) is 29.8 Å². The number of piperazine rings is 1. The van der Waals surface area contributed by atoms with Crippen molar-refractivity contribution in [2.24, 2.45) is 4.99 Å². The summed E-state index contributed by atoms with van der Waals surface area (Å²) in [6, 6.07) is 7.35. The molecule has 92 valence electrons. The van der Waals surface area contributed by atoms with Crippen LogP contribution < -0.4 is 5.32 Å². The molecule has 1 aliphatic heterocycles. The average molecular weight is 233 g/mol. The van der Waals surface area contributed by atoms with E-state index in [-0.39, 0.29) is 0 Å². The molecule has 0 unspecified atom stereocenters. The van der Waals surface area contributed by atoms with Gasteiger partial charge in [0.1, 0.15) is 5.75 Å². The second-order valence-corrected chi connectivity index (χ2v) is 4.23. The highest BCUT2D eigenvalue weighted by atomic mass is 16.3. The minimum Gasteiger partial charge on any atom is -0.508 e. The van der Waals surface area contributed by atoms with Gasteiger partial charge in [0.2, 0.25) is 0 Å². The van der Waals surface area contributed by atoms with E-state index < -0.39 is 0 Å². The molecule has 1 heterocycles. The smallest absolute Gasteiger partial charge is 0.120 e. The van der Waals surface area contributed by atoms with Crippen LogP contribution in [0.2, 0.25) is 0 Å². The summed E-state index contributed by atoms with van der Waals surface area (Å²) in [6.45, 7) is 6.63. The number of aliphatic imine (C=N–C) groups is 1. The van der Waals surface area contributed by atoms with Gasteiger partial charge in [0.25, 0.3) is 0 Å². The highest BCUT2D eigenvalue weighted by molar-refractivity contribution is 5.79. The SMILES string of the molecule is CC(=NCc1ccccc1O)N1CCNCC1. The zero-order valence-electron chi connectivity index (χ0n) is 10.2. The Morgan fingerprint density at radius 3 is 2.76 bits per heavy atom. The van der Waals surface area contributed by atoms with Gasteiger partial charge in [-0.05, 0) is 13.0 Å². The second-order valence-electron chi connectivity index (χ2n) is 4.23. The lowest BCUT2D eigenvalue weighted by Crippen LogP contribution is -2.45. The van der Waals surface area contributed by atoms with Crippen molar-refractivity contribution in [3.8, 4) is 5.75 Å². The number of hydrogen-bond donors (Lipinski definition) is 2. The monoisotopic (exact) mass is 233 g/mol. The molecule has 0 saturated carbocycles. The Morgan fingerprint density at radius 2 is 2.06 bits per heavy atom. The van der Waals surface area contributed by atoms with Crippen molar-refractivity contribution < 1.29 is 5.11 Å². The van der Waals surface area contributed by atoms with E-state index in [9.17, 15) is 5.11 Å². The first-order chi connectivity index (χ1) is 8.27. The predicted molar refractivity (Wildman–Crippen MR) is 69.4 cm³/mol. The number of para-hydroxylation sites is 1. The molecule has 0 aromatic heterocycles. The molecule has 1 fully saturated rings. The maximum atomic E-state index is 9.64. The van der Waals surface area contributed by atoms with Crippen LogP contribution in [0.1, 0.15) is 12.5 Å². The summed E-state index contributed by atoms with van der Waals surface area (Å²) in [7, 11) is 0. The molecular formula is C13H19N3O. The van der Waals surface area contributed by atoms with Gasteiger partial charge in [0.15, 0.2) is 0 Å². The van der Waals surface area contributed by atoms with E-state index in [4.69, 9.17) is 0 Å². The third kappa shape index (κ3) is 3.20. The standard InChI is InChI=1S/C13H19N3O/c1-11(16-8-6-14-7-9-16)15-10-12-4-2-3-5-13(12)17/h2-5,14,17H,6-10H2,1H3. The van der Waals surface area contributed by atoms with Gasteiger partial charge in [0.05, 0.1) is 12.4 Å². The Labute approximate surface area is 102 Å². The quantitative estimate of drug-likeness (QED) is 0.596. The molecule has 0 bridgehead atoms. The highest BCUT2D eigenvalue weighted by Gasteiger charge is 2.10. The number of nitrogens with one attached hydrogen (secondary N) is 1. The fourth-order valence-corrected chi connectivity index (χ4v) is 1.93. The third-order valence-electron chi connectivity index (χ3n) is 3.04. The van der Waals surface area contributed by atoms with E-state index in [0.717, 1.165) is 37.6 Å². The van der Waals surface area contributed by atoms with Crippen LogP contribution in [0.15, 0.2) is 29.3 Å². The van der Waals surface area contributed by atoms with Crippen molar-refractivity contribution in [2.45, 2.75) is 13.5 Å². The first-order valence-corrected chi connectivity index (χ1v) is 6.01. The molecule has 1 aromatic carbocycles. The molecule has 4 heteroatoms. The normalized spacial score (nSPS) is 17.2. The van der Waals surface area contributed by atoms with Crippen molar-refractivity contribution in [2.75, 3.05) is 26.2 Å². The Balaban J connectivity index is 1.97. The molecule has 2 N–H and O–H groups in total. The van der Waals surface area contributed by atoms with Crippen molar-refractivity contribution >= 4 is 5.84 Å². The Hall–Kier alpha value is -1.55. The number of phenols is 1. The van der Waals surface area contributed by atoms with Crippen molar-refractivity contribution in [1.82, 2.24) is 10.2 Å². The van der Waals surface area contributed by atoms with Crippen molar-refractivity contribution in [1.29, 1.82) is 0 Å². The zero-order chi connectivity index (χ0) is 12.1. The summed E-state index contributed by atoms with van der Waals surface area (Å²) >= 11 is 0. The van der Waals surface area contributed by atoms with E-state index in [1.54, 1.807) is 6.07 Å². The molecule has 1 aromatic rings. The lowest BCUT2D eigenvalue weighted by atomic mass is 10.2. The van der Waals surface area contributed by atoms with Gasteiger partial charge in [0, 0.05) is 31.7 Å². The number of benzene rings is 1. The fraction of sp³-hybridized carbons (Fsp3) is 0.462. The summed E-state index contributed by atoms with van der Waals surface area (Å²) in [5, 5.41) is 13.0. The summed E-state index contributed by atoms with van der Waals surface area (Å²) in [4.78, 5) is 6.81.